The van der Waals surface area contributed by atoms with Gasteiger partial charge >= 0.3 is 0 Å². The van der Waals surface area contributed by atoms with Gasteiger partial charge in [-0.3, -0.25) is 9.10 Å². The zero-order chi connectivity index (χ0) is 20.6. The van der Waals surface area contributed by atoms with Crippen LogP contribution in [0.2, 0.25) is 10.0 Å². The van der Waals surface area contributed by atoms with E-state index in [9.17, 15) is 18.3 Å². The smallest absolute Gasteiger partial charge is 0.292 e. The number of carbonyl (C=O) groups excluding carboxylic acids is 1. The fourth-order valence-electron chi connectivity index (χ4n) is 2.66. The molecule has 10 heteroatoms. The standard InChI is InChI=1S/C18H15Cl2N3O4S/c1-10(11-7-8-13(19)14(20)9-11)21-22-18(25)16-17(24)12-5-3-4-6-15(12)28(26,27)23(16)2/h3-9,24H,1-2H3,(H,22,25)/b21-10+. The van der Waals surface area contributed by atoms with Crippen molar-refractivity contribution in [3.05, 3.63) is 69.3 Å². The molecule has 1 heterocycles. The molecular weight excluding hydrogens is 425 g/mol. The van der Waals surface area contributed by atoms with Gasteiger partial charge in [0.1, 0.15) is 0 Å². The lowest BCUT2D eigenvalue weighted by atomic mass is 10.1. The molecule has 0 bridgehead atoms. The summed E-state index contributed by atoms with van der Waals surface area (Å²) in [4.78, 5) is 12.5. The number of likely N-dealkylation sites (N-methyl/N-ethyl adjacent to an activating group) is 1. The molecule has 0 aliphatic carbocycles. The van der Waals surface area contributed by atoms with Crippen molar-refractivity contribution in [1.29, 1.82) is 0 Å². The van der Waals surface area contributed by atoms with Crippen molar-refractivity contribution in [3.63, 3.8) is 0 Å². The third kappa shape index (κ3) is 3.46. The van der Waals surface area contributed by atoms with Gasteiger partial charge < -0.3 is 5.11 Å². The van der Waals surface area contributed by atoms with E-state index in [1.807, 2.05) is 0 Å². The molecule has 2 aromatic carbocycles. The van der Waals surface area contributed by atoms with Crippen molar-refractivity contribution in [2.45, 2.75) is 11.8 Å². The minimum Gasteiger partial charge on any atom is -0.505 e. The number of aliphatic hydroxyl groups is 1. The first-order valence-corrected chi connectivity index (χ1v) is 10.2. The van der Waals surface area contributed by atoms with Crippen molar-refractivity contribution in [2.75, 3.05) is 7.05 Å². The zero-order valence-electron chi connectivity index (χ0n) is 14.8. The number of rotatable bonds is 3. The number of hydrogen-bond donors (Lipinski definition) is 2. The van der Waals surface area contributed by atoms with E-state index in [1.54, 1.807) is 31.2 Å². The van der Waals surface area contributed by atoms with Gasteiger partial charge in [-0.1, -0.05) is 41.4 Å². The van der Waals surface area contributed by atoms with Crippen LogP contribution in [0.25, 0.3) is 5.76 Å². The number of halogens is 2. The van der Waals surface area contributed by atoms with Gasteiger partial charge in [-0.25, -0.2) is 13.8 Å². The average Bonchev–Trinajstić information content (AvgIpc) is 2.67. The molecule has 7 nitrogen and oxygen atoms in total. The lowest BCUT2D eigenvalue weighted by molar-refractivity contribution is -0.118. The normalized spacial score (nSPS) is 16.0. The van der Waals surface area contributed by atoms with Crippen molar-refractivity contribution >= 4 is 50.6 Å². The molecule has 0 saturated heterocycles. The van der Waals surface area contributed by atoms with Crippen LogP contribution in [0.4, 0.5) is 0 Å². The second kappa shape index (κ2) is 7.46. The summed E-state index contributed by atoms with van der Waals surface area (Å²) in [5.41, 5.74) is 2.91. The number of hydrazone groups is 1. The van der Waals surface area contributed by atoms with Crippen LogP contribution in [0.3, 0.4) is 0 Å². The molecule has 0 atom stereocenters. The van der Waals surface area contributed by atoms with Gasteiger partial charge in [-0.15, -0.1) is 0 Å². The molecule has 146 valence electrons. The molecule has 0 aromatic heterocycles. The monoisotopic (exact) mass is 439 g/mol. The molecular formula is C18H15Cl2N3O4S. The van der Waals surface area contributed by atoms with E-state index in [4.69, 9.17) is 23.2 Å². The summed E-state index contributed by atoms with van der Waals surface area (Å²) >= 11 is 11.8. The molecule has 0 unspecified atom stereocenters. The highest BCUT2D eigenvalue weighted by molar-refractivity contribution is 7.89. The van der Waals surface area contributed by atoms with E-state index < -0.39 is 27.4 Å². The van der Waals surface area contributed by atoms with Gasteiger partial charge in [-0.05, 0) is 36.8 Å². The highest BCUT2D eigenvalue weighted by Crippen LogP contribution is 2.34. The predicted molar refractivity (Wildman–Crippen MR) is 108 cm³/mol. The van der Waals surface area contributed by atoms with E-state index >= 15 is 0 Å². The Balaban J connectivity index is 1.95. The largest absolute Gasteiger partial charge is 0.505 e. The van der Waals surface area contributed by atoms with Gasteiger partial charge in [0.05, 0.1) is 20.7 Å². The maximum absolute atomic E-state index is 12.6. The van der Waals surface area contributed by atoms with Gasteiger partial charge in [0.2, 0.25) is 0 Å². The van der Waals surface area contributed by atoms with Crippen LogP contribution < -0.4 is 5.43 Å². The Labute approximate surface area is 171 Å². The predicted octanol–water partition coefficient (Wildman–Crippen LogP) is 3.39. The number of sulfonamides is 1. The molecule has 0 fully saturated rings. The maximum Gasteiger partial charge on any atom is 0.292 e. The first-order valence-electron chi connectivity index (χ1n) is 7.96. The lowest BCUT2D eigenvalue weighted by Crippen LogP contribution is -2.38. The molecule has 0 saturated carbocycles. The summed E-state index contributed by atoms with van der Waals surface area (Å²) in [6, 6.07) is 10.7. The molecule has 28 heavy (non-hydrogen) atoms. The van der Waals surface area contributed by atoms with E-state index in [-0.39, 0.29) is 10.5 Å². The van der Waals surface area contributed by atoms with E-state index in [0.29, 0.717) is 21.3 Å². The molecule has 3 rings (SSSR count). The van der Waals surface area contributed by atoms with Gasteiger partial charge in [0.25, 0.3) is 15.9 Å². The number of fused-ring (bicyclic) bond motifs is 1. The molecule has 1 aliphatic heterocycles. The topological polar surface area (TPSA) is 99.1 Å². The van der Waals surface area contributed by atoms with Crippen molar-refractivity contribution in [1.82, 2.24) is 9.73 Å². The second-order valence-electron chi connectivity index (χ2n) is 5.93. The van der Waals surface area contributed by atoms with E-state index in [1.165, 1.54) is 25.2 Å². The Morgan fingerprint density at radius 3 is 2.50 bits per heavy atom. The Morgan fingerprint density at radius 2 is 1.82 bits per heavy atom. The highest BCUT2D eigenvalue weighted by atomic mass is 35.5. The number of nitrogens with one attached hydrogen (secondary N) is 1. The Hall–Kier alpha value is -2.55. The quantitative estimate of drug-likeness (QED) is 0.565. The fraction of sp³-hybridized carbons (Fsp3) is 0.111. The number of aliphatic hydroxyl groups excluding tert-OH is 1. The van der Waals surface area contributed by atoms with Crippen LogP contribution >= 0.6 is 23.2 Å². The number of carbonyl (C=O) groups is 1. The number of nitrogens with zero attached hydrogens (tertiary/aromatic N) is 2. The van der Waals surface area contributed by atoms with Crippen LogP contribution in [0.1, 0.15) is 18.1 Å². The summed E-state index contributed by atoms with van der Waals surface area (Å²) in [5.74, 6) is -1.33. The van der Waals surface area contributed by atoms with Crippen LogP contribution in [-0.4, -0.2) is 36.5 Å². The first kappa shape index (κ1) is 20.2. The van der Waals surface area contributed by atoms with Crippen molar-refractivity contribution in [2.24, 2.45) is 5.10 Å². The third-order valence-corrected chi connectivity index (χ3v) is 6.75. The number of hydrogen-bond acceptors (Lipinski definition) is 5. The third-order valence-electron chi connectivity index (χ3n) is 4.20. The Bertz CT molecular complexity index is 1140. The number of amides is 1. The SMILES string of the molecule is C/C(=N\NC(=O)C1=C(O)c2ccccc2S(=O)(=O)N1C)c1ccc(Cl)c(Cl)c1. The van der Waals surface area contributed by atoms with Crippen LogP contribution in [0.5, 0.6) is 0 Å². The summed E-state index contributed by atoms with van der Waals surface area (Å²) < 4.78 is 26.0. The highest BCUT2D eigenvalue weighted by Gasteiger charge is 2.37. The molecule has 1 amide bonds. The zero-order valence-corrected chi connectivity index (χ0v) is 17.1. The van der Waals surface area contributed by atoms with E-state index in [0.717, 1.165) is 4.31 Å². The second-order valence-corrected chi connectivity index (χ2v) is 8.69. The summed E-state index contributed by atoms with van der Waals surface area (Å²) in [6.45, 7) is 1.63. The number of benzene rings is 2. The minimum atomic E-state index is -3.97. The van der Waals surface area contributed by atoms with Gasteiger partial charge in [-0.2, -0.15) is 5.10 Å². The average molecular weight is 440 g/mol. The van der Waals surface area contributed by atoms with Crippen LogP contribution in [0, 0.1) is 0 Å². The first-order chi connectivity index (χ1) is 13.1. The van der Waals surface area contributed by atoms with Crippen molar-refractivity contribution < 1.29 is 18.3 Å². The minimum absolute atomic E-state index is 0.0518. The van der Waals surface area contributed by atoms with Crippen LogP contribution in [-0.2, 0) is 14.8 Å². The van der Waals surface area contributed by atoms with E-state index in [2.05, 4.69) is 10.5 Å². The molecule has 0 spiro atoms. The van der Waals surface area contributed by atoms with Crippen molar-refractivity contribution in [3.8, 4) is 0 Å². The Kier molecular flexibility index (Phi) is 5.38. The molecule has 1 aliphatic rings. The molecule has 2 aromatic rings. The summed E-state index contributed by atoms with van der Waals surface area (Å²) in [7, 11) is -2.79. The van der Waals surface area contributed by atoms with Crippen LogP contribution in [0.15, 0.2) is 58.2 Å². The fourth-order valence-corrected chi connectivity index (χ4v) is 4.35. The maximum atomic E-state index is 12.6. The molecule has 0 radical (unpaired) electrons. The van der Waals surface area contributed by atoms with Gasteiger partial charge in [0, 0.05) is 12.6 Å². The Morgan fingerprint density at radius 1 is 1.14 bits per heavy atom. The molecule has 2 N–H and O–H groups in total. The summed E-state index contributed by atoms with van der Waals surface area (Å²) in [6.07, 6.45) is 0. The lowest BCUT2D eigenvalue weighted by Gasteiger charge is -2.27. The summed E-state index contributed by atoms with van der Waals surface area (Å²) in [5, 5.41) is 15.1. The van der Waals surface area contributed by atoms with Gasteiger partial charge in [0.15, 0.2) is 11.5 Å².